The van der Waals surface area contributed by atoms with Gasteiger partial charge in [-0.25, -0.2) is 19.1 Å². The van der Waals surface area contributed by atoms with Gasteiger partial charge >= 0.3 is 6.03 Å². The molecule has 1 unspecified atom stereocenters. The van der Waals surface area contributed by atoms with Crippen molar-refractivity contribution in [2.24, 2.45) is 9.50 Å². The Morgan fingerprint density at radius 3 is 2.47 bits per heavy atom. The molecule has 0 radical (unpaired) electrons. The monoisotopic (exact) mass is 477 g/mol. The van der Waals surface area contributed by atoms with Gasteiger partial charge in [0.15, 0.2) is 9.92 Å². The lowest BCUT2D eigenvalue weighted by Crippen LogP contribution is -2.37. The quantitative estimate of drug-likeness (QED) is 0.522. The summed E-state index contributed by atoms with van der Waals surface area (Å²) in [6.07, 6.45) is 7.15. The van der Waals surface area contributed by atoms with Gasteiger partial charge in [-0.05, 0) is 67.7 Å². The predicted octanol–water partition coefficient (Wildman–Crippen LogP) is 2.40. The van der Waals surface area contributed by atoms with Crippen molar-refractivity contribution in [3.63, 3.8) is 0 Å². The van der Waals surface area contributed by atoms with Crippen LogP contribution in [0.4, 0.5) is 10.5 Å². The normalized spacial score (nSPS) is 18.2. The Morgan fingerprint density at radius 2 is 1.88 bits per heavy atom. The van der Waals surface area contributed by atoms with Gasteiger partial charge in [0.2, 0.25) is 5.91 Å². The number of thiazole rings is 1. The topological polar surface area (TPSA) is 147 Å². The number of aliphatic hydroxyl groups is 1. The summed E-state index contributed by atoms with van der Waals surface area (Å²) >= 11 is 0.900. The molecule has 1 aromatic carbocycles. The van der Waals surface area contributed by atoms with E-state index in [-0.39, 0.29) is 21.7 Å². The van der Waals surface area contributed by atoms with Crippen LogP contribution in [0, 0.1) is 0 Å². The number of fused-ring (bicyclic) bond motifs is 2. The number of hydrogen-bond donors (Lipinski definition) is 4. The van der Waals surface area contributed by atoms with E-state index in [4.69, 9.17) is 5.14 Å². The van der Waals surface area contributed by atoms with Crippen LogP contribution in [0.3, 0.4) is 0 Å². The van der Waals surface area contributed by atoms with Crippen molar-refractivity contribution in [2.75, 3.05) is 11.9 Å². The molecular formula is C21H27N5O4S2. The molecule has 2 aromatic rings. The molecule has 3 amide bonds. The zero-order chi connectivity index (χ0) is 23.1. The van der Waals surface area contributed by atoms with E-state index in [1.165, 1.54) is 31.2 Å². The summed E-state index contributed by atoms with van der Waals surface area (Å²) < 4.78 is 16.9. The van der Waals surface area contributed by atoms with E-state index >= 15 is 0 Å². The summed E-state index contributed by atoms with van der Waals surface area (Å²) in [5, 5.41) is 22.1. The third-order valence-corrected chi connectivity index (χ3v) is 8.97. The Kier molecular flexibility index (Phi) is 6.10. The molecule has 2 aliphatic carbocycles. The second-order valence-electron chi connectivity index (χ2n) is 8.49. The van der Waals surface area contributed by atoms with Crippen molar-refractivity contribution in [1.82, 2.24) is 10.3 Å². The van der Waals surface area contributed by atoms with Crippen LogP contribution in [0.25, 0.3) is 0 Å². The summed E-state index contributed by atoms with van der Waals surface area (Å²) in [6, 6.07) is 1.50. The number of benzene rings is 1. The predicted molar refractivity (Wildman–Crippen MR) is 123 cm³/mol. The van der Waals surface area contributed by atoms with Crippen molar-refractivity contribution in [2.45, 2.75) is 62.2 Å². The van der Waals surface area contributed by atoms with Gasteiger partial charge < -0.3 is 15.7 Å². The van der Waals surface area contributed by atoms with Crippen molar-refractivity contribution in [3.8, 4) is 0 Å². The number of carbonyl (C=O) groups is 2. The molecule has 1 aromatic heterocycles. The molecule has 9 nitrogen and oxygen atoms in total. The Balaban J connectivity index is 1.58. The standard InChI is InChI=1S/C21H27N5O4S2/c1-12(27)24-11-21(2,29)19-23-10-17(31-19)32(22,30)26-20(28)25-18-15-7-3-5-13(15)9-14-6-4-8-16(14)18/h9-10,29H,3-8,11H2,1-2H3,(H,24,27)(H3,22,25,26,28,30)/t21-,32?/m1/s1. The molecule has 32 heavy (non-hydrogen) atoms. The van der Waals surface area contributed by atoms with Gasteiger partial charge in [-0.2, -0.15) is 0 Å². The molecule has 0 saturated heterocycles. The van der Waals surface area contributed by atoms with Gasteiger partial charge in [0.05, 0.1) is 12.7 Å². The molecule has 11 heteroatoms. The van der Waals surface area contributed by atoms with E-state index in [0.29, 0.717) is 0 Å². The van der Waals surface area contributed by atoms with E-state index in [1.807, 2.05) is 0 Å². The van der Waals surface area contributed by atoms with Crippen LogP contribution in [0.15, 0.2) is 20.8 Å². The molecule has 0 spiro atoms. The number of aromatic nitrogens is 1. The van der Waals surface area contributed by atoms with Crippen molar-refractivity contribution in [3.05, 3.63) is 39.5 Å². The van der Waals surface area contributed by atoms with Crippen LogP contribution in [0.2, 0.25) is 0 Å². The van der Waals surface area contributed by atoms with E-state index in [1.54, 1.807) is 0 Å². The molecule has 0 saturated carbocycles. The summed E-state index contributed by atoms with van der Waals surface area (Å²) in [4.78, 5) is 28.0. The van der Waals surface area contributed by atoms with Gasteiger partial charge in [-0.1, -0.05) is 6.07 Å². The van der Waals surface area contributed by atoms with E-state index in [2.05, 4.69) is 26.0 Å². The fourth-order valence-electron chi connectivity index (χ4n) is 4.28. The molecule has 2 atom stereocenters. The van der Waals surface area contributed by atoms with Crippen molar-refractivity contribution < 1.29 is 18.9 Å². The van der Waals surface area contributed by atoms with Gasteiger partial charge in [-0.15, -0.1) is 15.7 Å². The number of nitrogens with one attached hydrogen (secondary N) is 2. The average Bonchev–Trinajstić information content (AvgIpc) is 3.45. The first-order valence-corrected chi connectivity index (χ1v) is 12.9. The molecule has 5 N–H and O–H groups in total. The molecule has 0 aliphatic heterocycles. The fraction of sp³-hybridized carbons (Fsp3) is 0.476. The number of rotatable bonds is 5. The largest absolute Gasteiger partial charge is 0.381 e. The highest BCUT2D eigenvalue weighted by Crippen LogP contribution is 2.38. The molecule has 172 valence electrons. The van der Waals surface area contributed by atoms with E-state index < -0.39 is 21.5 Å². The number of nitrogens with two attached hydrogens (primary N) is 1. The number of urea groups is 1. The molecule has 4 rings (SSSR count). The SMILES string of the molecule is CC(=O)NC[C@@](C)(O)c1ncc(S(N)(=O)=NC(=O)Nc2c3c(cc4c2CCC4)CCC3)s1. The summed E-state index contributed by atoms with van der Waals surface area (Å²) in [5.74, 6) is -0.296. The van der Waals surface area contributed by atoms with Gasteiger partial charge in [0.25, 0.3) is 0 Å². The number of anilines is 1. The van der Waals surface area contributed by atoms with Crippen LogP contribution in [-0.4, -0.2) is 32.8 Å². The number of nitrogens with zero attached hydrogens (tertiary/aromatic N) is 2. The zero-order valence-corrected chi connectivity index (χ0v) is 19.7. The Labute approximate surface area is 191 Å². The van der Waals surface area contributed by atoms with Gasteiger partial charge in [0, 0.05) is 12.6 Å². The first-order valence-electron chi connectivity index (χ1n) is 10.5. The molecule has 0 fully saturated rings. The lowest BCUT2D eigenvalue weighted by atomic mass is 9.99. The first kappa shape index (κ1) is 22.8. The molecule has 1 heterocycles. The van der Waals surface area contributed by atoms with Crippen molar-refractivity contribution in [1.29, 1.82) is 0 Å². The Bertz CT molecular complexity index is 1180. The minimum atomic E-state index is -3.56. The molecular weight excluding hydrogens is 450 g/mol. The smallest absolute Gasteiger partial charge is 0.354 e. The van der Waals surface area contributed by atoms with Crippen LogP contribution in [-0.2, 0) is 46.0 Å². The number of hydrogen-bond acceptors (Lipinski definition) is 6. The fourth-order valence-corrected chi connectivity index (χ4v) is 6.39. The highest BCUT2D eigenvalue weighted by atomic mass is 32.2. The minimum absolute atomic E-state index is 0.0666. The number of aryl methyl sites for hydroxylation is 2. The van der Waals surface area contributed by atoms with Gasteiger partial charge in [0.1, 0.15) is 14.8 Å². The minimum Gasteiger partial charge on any atom is -0.381 e. The van der Waals surface area contributed by atoms with Gasteiger partial charge in [-0.3, -0.25) is 4.79 Å². The van der Waals surface area contributed by atoms with Crippen LogP contribution >= 0.6 is 11.3 Å². The highest BCUT2D eigenvalue weighted by molar-refractivity contribution is 7.93. The second kappa shape index (κ2) is 8.54. The lowest BCUT2D eigenvalue weighted by Gasteiger charge is -2.20. The maximum Gasteiger partial charge on any atom is 0.354 e. The number of carbonyl (C=O) groups excluding carboxylic acids is 2. The average molecular weight is 478 g/mol. The summed E-state index contributed by atoms with van der Waals surface area (Å²) in [5.41, 5.74) is 4.15. The van der Waals surface area contributed by atoms with Crippen LogP contribution < -0.4 is 15.8 Å². The second-order valence-corrected chi connectivity index (χ2v) is 11.5. The third-order valence-electron chi connectivity index (χ3n) is 5.84. The lowest BCUT2D eigenvalue weighted by molar-refractivity contribution is -0.120. The van der Waals surface area contributed by atoms with E-state index in [9.17, 15) is 18.9 Å². The van der Waals surface area contributed by atoms with Crippen molar-refractivity contribution >= 4 is 38.9 Å². The number of amides is 3. The summed E-state index contributed by atoms with van der Waals surface area (Å²) in [7, 11) is -3.56. The molecule has 2 aliphatic rings. The Morgan fingerprint density at radius 1 is 1.25 bits per heavy atom. The van der Waals surface area contributed by atoms with Crippen LogP contribution in [0.1, 0.15) is 54.0 Å². The zero-order valence-electron chi connectivity index (χ0n) is 18.1. The maximum absolute atomic E-state index is 13.0. The Hall–Kier alpha value is -2.34. The van der Waals surface area contributed by atoms with Crippen LogP contribution in [0.5, 0.6) is 0 Å². The first-order chi connectivity index (χ1) is 15.1. The highest BCUT2D eigenvalue weighted by Gasteiger charge is 2.29. The summed E-state index contributed by atoms with van der Waals surface area (Å²) in [6.45, 7) is 2.75. The third kappa shape index (κ3) is 4.56. The molecule has 0 bridgehead atoms. The van der Waals surface area contributed by atoms with E-state index in [0.717, 1.165) is 66.7 Å². The maximum atomic E-state index is 13.0.